The predicted molar refractivity (Wildman–Crippen MR) is 175 cm³/mol. The van der Waals surface area contributed by atoms with E-state index >= 15 is 0 Å². The molecule has 0 radical (unpaired) electrons. The van der Waals surface area contributed by atoms with Crippen LogP contribution in [0.4, 0.5) is 0 Å². The number of benzene rings is 2. The van der Waals surface area contributed by atoms with Crippen molar-refractivity contribution in [3.8, 4) is 16.9 Å². The molecule has 0 N–H and O–H groups in total. The summed E-state index contributed by atoms with van der Waals surface area (Å²) >= 11 is 0. The maximum atomic E-state index is 6.78. The van der Waals surface area contributed by atoms with Gasteiger partial charge in [0.15, 0.2) is 0 Å². The van der Waals surface area contributed by atoms with E-state index in [0.717, 1.165) is 49.5 Å². The molecule has 0 heterocycles. The molecule has 2 saturated carbocycles. The zero-order chi connectivity index (χ0) is 28.7. The molecule has 0 atom stereocenters. The lowest BCUT2D eigenvalue weighted by atomic mass is 9.68. The van der Waals surface area contributed by atoms with Gasteiger partial charge in [0, 0.05) is 5.41 Å². The zero-order valence-electron chi connectivity index (χ0n) is 27.2. The van der Waals surface area contributed by atoms with Crippen molar-refractivity contribution in [2.45, 2.75) is 144 Å². The summed E-state index contributed by atoms with van der Waals surface area (Å²) in [6.45, 7) is 17.2. The maximum absolute atomic E-state index is 6.78. The summed E-state index contributed by atoms with van der Waals surface area (Å²) in [5, 5.41) is 0. The molecule has 0 spiro atoms. The first-order valence-electron chi connectivity index (χ1n) is 17.3. The Morgan fingerprint density at radius 2 is 1.23 bits per heavy atom. The van der Waals surface area contributed by atoms with Gasteiger partial charge in [0.2, 0.25) is 0 Å². The van der Waals surface area contributed by atoms with E-state index < -0.39 is 0 Å². The van der Waals surface area contributed by atoms with E-state index in [-0.39, 0.29) is 5.41 Å². The van der Waals surface area contributed by atoms with Crippen molar-refractivity contribution in [3.63, 3.8) is 0 Å². The lowest BCUT2D eigenvalue weighted by molar-refractivity contribution is 0.126. The molecule has 0 aliphatic heterocycles. The molecule has 0 saturated heterocycles. The standard InChI is InChI=1S/C39H60O/c1-8-29-26-37(35(9-2)36(10-3)38(29)40-27-39(11-4,12-5)13-6)34-24-22-33(23-25-34)32-20-18-31(19-21-32)30-16-14-28(7)15-17-30/h22-26,28,30-32H,8-21,27H2,1-7H3. The number of rotatable bonds is 12. The largest absolute Gasteiger partial charge is 0.492 e. The maximum Gasteiger partial charge on any atom is 0.125 e. The van der Waals surface area contributed by atoms with Crippen molar-refractivity contribution in [2.24, 2.45) is 23.2 Å². The summed E-state index contributed by atoms with van der Waals surface area (Å²) in [6, 6.07) is 12.2. The molecule has 2 aromatic carbocycles. The molecule has 2 aliphatic rings. The summed E-state index contributed by atoms with van der Waals surface area (Å²) in [5.41, 5.74) is 8.96. The van der Waals surface area contributed by atoms with Gasteiger partial charge < -0.3 is 4.74 Å². The van der Waals surface area contributed by atoms with Gasteiger partial charge in [-0.2, -0.15) is 0 Å². The molecule has 0 amide bonds. The third-order valence-corrected chi connectivity index (χ3v) is 11.6. The van der Waals surface area contributed by atoms with E-state index in [2.05, 4.69) is 78.8 Å². The van der Waals surface area contributed by atoms with Crippen molar-refractivity contribution in [1.82, 2.24) is 0 Å². The van der Waals surface area contributed by atoms with Gasteiger partial charge in [-0.1, -0.05) is 85.6 Å². The second-order valence-corrected chi connectivity index (χ2v) is 13.5. The van der Waals surface area contributed by atoms with Crippen LogP contribution >= 0.6 is 0 Å². The van der Waals surface area contributed by atoms with Crippen molar-refractivity contribution in [2.75, 3.05) is 6.61 Å². The van der Waals surface area contributed by atoms with Crippen molar-refractivity contribution < 1.29 is 4.74 Å². The highest BCUT2D eigenvalue weighted by atomic mass is 16.5. The topological polar surface area (TPSA) is 9.23 Å². The van der Waals surface area contributed by atoms with Gasteiger partial charge in [-0.3, -0.25) is 0 Å². The van der Waals surface area contributed by atoms with Crippen molar-refractivity contribution in [1.29, 1.82) is 0 Å². The molecular weight excluding hydrogens is 484 g/mol. The summed E-state index contributed by atoms with van der Waals surface area (Å²) in [4.78, 5) is 0. The molecule has 222 valence electrons. The van der Waals surface area contributed by atoms with Crippen LogP contribution in [0, 0.1) is 23.2 Å². The number of aryl methyl sites for hydroxylation is 1. The Kier molecular flexibility index (Phi) is 11.2. The fraction of sp³-hybridized carbons (Fsp3) is 0.692. The molecule has 1 heteroatoms. The van der Waals surface area contributed by atoms with Crippen molar-refractivity contribution >= 4 is 0 Å². The van der Waals surface area contributed by atoms with E-state index in [1.165, 1.54) is 104 Å². The van der Waals surface area contributed by atoms with E-state index in [9.17, 15) is 0 Å². The first-order chi connectivity index (χ1) is 19.4. The third-order valence-electron chi connectivity index (χ3n) is 11.6. The molecule has 4 rings (SSSR count). The van der Waals surface area contributed by atoms with Crippen LogP contribution in [0.5, 0.6) is 5.75 Å². The molecule has 2 aliphatic carbocycles. The number of hydrogen-bond acceptors (Lipinski definition) is 1. The van der Waals surface area contributed by atoms with Gasteiger partial charge in [-0.05, 0) is 140 Å². The normalized spacial score (nSPS) is 23.8. The molecule has 2 fully saturated rings. The summed E-state index contributed by atoms with van der Waals surface area (Å²) < 4.78 is 6.78. The highest BCUT2D eigenvalue weighted by Gasteiger charge is 2.31. The number of hydrogen-bond donors (Lipinski definition) is 0. The fourth-order valence-corrected chi connectivity index (χ4v) is 8.20. The Hall–Kier alpha value is -1.76. The predicted octanol–water partition coefficient (Wildman–Crippen LogP) is 11.7. The van der Waals surface area contributed by atoms with Gasteiger partial charge in [0.1, 0.15) is 5.75 Å². The van der Waals surface area contributed by atoms with Crippen molar-refractivity contribution in [3.05, 3.63) is 52.6 Å². The van der Waals surface area contributed by atoms with Gasteiger partial charge in [-0.15, -0.1) is 0 Å². The minimum absolute atomic E-state index is 0.283. The summed E-state index contributed by atoms with van der Waals surface area (Å²) in [6.07, 6.45) is 18.2. The highest BCUT2D eigenvalue weighted by Crippen LogP contribution is 2.45. The van der Waals surface area contributed by atoms with Crippen LogP contribution in [-0.2, 0) is 19.3 Å². The number of ether oxygens (including phenoxy) is 1. The Bertz CT molecular complexity index is 1030. The van der Waals surface area contributed by atoms with Gasteiger partial charge in [-0.25, -0.2) is 0 Å². The quantitative estimate of drug-likeness (QED) is 0.258. The molecule has 2 aromatic rings. The second kappa shape index (κ2) is 14.4. The van der Waals surface area contributed by atoms with Gasteiger partial charge >= 0.3 is 0 Å². The summed E-state index contributed by atoms with van der Waals surface area (Å²) in [5.74, 6) is 4.91. The van der Waals surface area contributed by atoms with Crippen LogP contribution in [0.2, 0.25) is 0 Å². The Labute approximate surface area is 247 Å². The monoisotopic (exact) mass is 544 g/mol. The molecular formula is C39H60O. The molecule has 1 nitrogen and oxygen atoms in total. The van der Waals surface area contributed by atoms with Gasteiger partial charge in [0.25, 0.3) is 0 Å². The average Bonchev–Trinajstić information content (AvgIpc) is 3.01. The smallest absolute Gasteiger partial charge is 0.125 e. The first kappa shape index (κ1) is 31.2. The minimum Gasteiger partial charge on any atom is -0.492 e. The molecule has 0 aromatic heterocycles. The van der Waals surface area contributed by atoms with E-state index in [1.807, 2.05) is 0 Å². The fourth-order valence-electron chi connectivity index (χ4n) is 8.20. The SMILES string of the molecule is CCc1cc(-c2ccc(C3CCC(C4CCC(C)CC4)CC3)cc2)c(CC)c(CC)c1OCC(CC)(CC)CC. The van der Waals surface area contributed by atoms with E-state index in [1.54, 1.807) is 5.56 Å². The molecule has 0 bridgehead atoms. The van der Waals surface area contributed by atoms with E-state index in [4.69, 9.17) is 4.74 Å². The molecule has 0 unspecified atom stereocenters. The Morgan fingerprint density at radius 1 is 0.675 bits per heavy atom. The van der Waals surface area contributed by atoms with Crippen LogP contribution in [-0.4, -0.2) is 6.61 Å². The van der Waals surface area contributed by atoms with Crippen LogP contribution in [0.15, 0.2) is 30.3 Å². The minimum atomic E-state index is 0.283. The van der Waals surface area contributed by atoms with Crippen LogP contribution in [0.1, 0.15) is 147 Å². The Morgan fingerprint density at radius 3 is 1.73 bits per heavy atom. The third kappa shape index (κ3) is 6.82. The Balaban J connectivity index is 1.52. The highest BCUT2D eigenvalue weighted by molar-refractivity contribution is 5.73. The average molecular weight is 545 g/mol. The second-order valence-electron chi connectivity index (χ2n) is 13.5. The zero-order valence-corrected chi connectivity index (χ0v) is 27.2. The van der Waals surface area contributed by atoms with Crippen LogP contribution in [0.25, 0.3) is 11.1 Å². The van der Waals surface area contributed by atoms with Crippen LogP contribution in [0.3, 0.4) is 0 Å². The van der Waals surface area contributed by atoms with Crippen LogP contribution < -0.4 is 4.74 Å². The molecule has 40 heavy (non-hydrogen) atoms. The van der Waals surface area contributed by atoms with E-state index in [0.29, 0.717) is 0 Å². The lowest BCUT2D eigenvalue weighted by Gasteiger charge is -2.37. The lowest BCUT2D eigenvalue weighted by Crippen LogP contribution is -2.27. The van der Waals surface area contributed by atoms with Gasteiger partial charge in [0.05, 0.1) is 6.61 Å². The summed E-state index contributed by atoms with van der Waals surface area (Å²) in [7, 11) is 0. The first-order valence-corrected chi connectivity index (χ1v) is 17.3.